The molecule has 0 aliphatic carbocycles. The standard InChI is InChI=1S/C8H15F2NO/c1-4-5-11(6(2)3)8(12)7(9)10/h6-7H,4-5H2,1-3H3. The molecule has 0 atom stereocenters. The van der Waals surface area contributed by atoms with Crippen molar-refractivity contribution in [2.45, 2.75) is 39.7 Å². The number of nitrogens with zero attached hydrogens (tertiary/aromatic N) is 1. The predicted molar refractivity (Wildman–Crippen MR) is 43.1 cm³/mol. The molecule has 0 aromatic carbocycles. The van der Waals surface area contributed by atoms with E-state index in [1.165, 1.54) is 4.90 Å². The van der Waals surface area contributed by atoms with Gasteiger partial charge in [-0.1, -0.05) is 6.92 Å². The summed E-state index contributed by atoms with van der Waals surface area (Å²) < 4.78 is 23.9. The topological polar surface area (TPSA) is 20.3 Å². The summed E-state index contributed by atoms with van der Waals surface area (Å²) in [5.74, 6) is -1.06. The van der Waals surface area contributed by atoms with E-state index in [0.29, 0.717) is 13.0 Å². The lowest BCUT2D eigenvalue weighted by Crippen LogP contribution is -2.41. The van der Waals surface area contributed by atoms with E-state index in [1.54, 1.807) is 13.8 Å². The first-order valence-electron chi connectivity index (χ1n) is 4.09. The maximum absolute atomic E-state index is 12.0. The quantitative estimate of drug-likeness (QED) is 0.645. The van der Waals surface area contributed by atoms with Crippen molar-refractivity contribution in [3.63, 3.8) is 0 Å². The molecule has 0 saturated heterocycles. The van der Waals surface area contributed by atoms with Gasteiger partial charge in [0.05, 0.1) is 0 Å². The Kier molecular flexibility index (Phi) is 4.78. The largest absolute Gasteiger partial charge is 0.335 e. The molecular weight excluding hydrogens is 164 g/mol. The molecule has 0 aliphatic heterocycles. The number of alkyl halides is 2. The Bertz CT molecular complexity index is 148. The van der Waals surface area contributed by atoms with Gasteiger partial charge in [0.1, 0.15) is 0 Å². The molecule has 0 N–H and O–H groups in total. The van der Waals surface area contributed by atoms with Crippen molar-refractivity contribution in [2.75, 3.05) is 6.54 Å². The second-order valence-electron chi connectivity index (χ2n) is 2.93. The summed E-state index contributed by atoms with van der Waals surface area (Å²) in [5.41, 5.74) is 0. The number of carbonyl (C=O) groups excluding carboxylic acids is 1. The van der Waals surface area contributed by atoms with Gasteiger partial charge in [-0.15, -0.1) is 0 Å². The van der Waals surface area contributed by atoms with Gasteiger partial charge in [0, 0.05) is 12.6 Å². The van der Waals surface area contributed by atoms with E-state index >= 15 is 0 Å². The lowest BCUT2D eigenvalue weighted by atomic mass is 10.3. The van der Waals surface area contributed by atoms with Gasteiger partial charge in [0.2, 0.25) is 0 Å². The normalized spacial score (nSPS) is 10.9. The summed E-state index contributed by atoms with van der Waals surface area (Å²) >= 11 is 0. The second-order valence-corrected chi connectivity index (χ2v) is 2.93. The van der Waals surface area contributed by atoms with Crippen molar-refractivity contribution in [2.24, 2.45) is 0 Å². The number of amides is 1. The van der Waals surface area contributed by atoms with Gasteiger partial charge in [-0.25, -0.2) is 0 Å². The highest BCUT2D eigenvalue weighted by atomic mass is 19.3. The van der Waals surface area contributed by atoms with Crippen molar-refractivity contribution in [3.8, 4) is 0 Å². The first-order valence-corrected chi connectivity index (χ1v) is 4.09. The summed E-state index contributed by atoms with van der Waals surface area (Å²) in [6, 6.07) is -0.147. The summed E-state index contributed by atoms with van der Waals surface area (Å²) in [4.78, 5) is 12.0. The SMILES string of the molecule is CCCN(C(=O)C(F)F)C(C)C. The maximum Gasteiger partial charge on any atom is 0.315 e. The third-order valence-electron chi connectivity index (χ3n) is 1.56. The van der Waals surface area contributed by atoms with Gasteiger partial charge in [0.15, 0.2) is 0 Å². The van der Waals surface area contributed by atoms with E-state index < -0.39 is 12.3 Å². The molecule has 0 aliphatic rings. The van der Waals surface area contributed by atoms with Crippen LogP contribution in [0, 0.1) is 0 Å². The van der Waals surface area contributed by atoms with Crippen LogP contribution in [0.25, 0.3) is 0 Å². The van der Waals surface area contributed by atoms with Crippen LogP contribution in [0.4, 0.5) is 8.78 Å². The number of rotatable bonds is 4. The monoisotopic (exact) mass is 179 g/mol. The fraction of sp³-hybridized carbons (Fsp3) is 0.875. The fourth-order valence-electron chi connectivity index (χ4n) is 0.989. The highest BCUT2D eigenvalue weighted by Crippen LogP contribution is 2.06. The van der Waals surface area contributed by atoms with E-state index in [1.807, 2.05) is 6.92 Å². The lowest BCUT2D eigenvalue weighted by molar-refractivity contribution is -0.144. The predicted octanol–water partition coefficient (Wildman–Crippen LogP) is 1.90. The van der Waals surface area contributed by atoms with Crippen LogP contribution >= 0.6 is 0 Å². The zero-order valence-electron chi connectivity index (χ0n) is 7.68. The Morgan fingerprint density at radius 3 is 2.17 bits per heavy atom. The van der Waals surface area contributed by atoms with Crippen molar-refractivity contribution in [1.29, 1.82) is 0 Å². The molecule has 12 heavy (non-hydrogen) atoms. The van der Waals surface area contributed by atoms with Crippen molar-refractivity contribution in [3.05, 3.63) is 0 Å². The molecule has 0 saturated carbocycles. The van der Waals surface area contributed by atoms with Gasteiger partial charge >= 0.3 is 6.43 Å². The van der Waals surface area contributed by atoms with Crippen molar-refractivity contribution < 1.29 is 13.6 Å². The summed E-state index contributed by atoms with van der Waals surface area (Å²) in [5, 5.41) is 0. The van der Waals surface area contributed by atoms with E-state index in [-0.39, 0.29) is 6.04 Å². The Balaban J connectivity index is 4.19. The Labute approximate surface area is 71.5 Å². The molecular formula is C8H15F2NO. The van der Waals surface area contributed by atoms with Gasteiger partial charge in [-0.3, -0.25) is 4.79 Å². The first kappa shape index (κ1) is 11.3. The van der Waals surface area contributed by atoms with Crippen molar-refractivity contribution >= 4 is 5.91 Å². The third-order valence-corrected chi connectivity index (χ3v) is 1.56. The van der Waals surface area contributed by atoms with Crippen LogP contribution < -0.4 is 0 Å². The molecule has 1 amide bonds. The Hall–Kier alpha value is -0.670. The fourth-order valence-corrected chi connectivity index (χ4v) is 0.989. The van der Waals surface area contributed by atoms with Crippen LogP contribution in [0.2, 0.25) is 0 Å². The lowest BCUT2D eigenvalue weighted by Gasteiger charge is -2.25. The molecule has 0 heterocycles. The highest BCUT2D eigenvalue weighted by Gasteiger charge is 2.24. The minimum Gasteiger partial charge on any atom is -0.335 e. The molecule has 0 unspecified atom stereocenters. The van der Waals surface area contributed by atoms with Crippen LogP contribution in [0.1, 0.15) is 27.2 Å². The van der Waals surface area contributed by atoms with Crippen LogP contribution in [0.15, 0.2) is 0 Å². The Morgan fingerprint density at radius 1 is 1.42 bits per heavy atom. The average molecular weight is 179 g/mol. The van der Waals surface area contributed by atoms with E-state index in [4.69, 9.17) is 0 Å². The zero-order valence-corrected chi connectivity index (χ0v) is 7.68. The molecule has 0 aromatic rings. The molecule has 0 spiro atoms. The second kappa shape index (κ2) is 5.06. The van der Waals surface area contributed by atoms with Crippen LogP contribution in [0.3, 0.4) is 0 Å². The van der Waals surface area contributed by atoms with Crippen LogP contribution in [-0.2, 0) is 4.79 Å². The maximum atomic E-state index is 12.0. The van der Waals surface area contributed by atoms with Gasteiger partial charge in [0.25, 0.3) is 5.91 Å². The van der Waals surface area contributed by atoms with Gasteiger partial charge in [-0.05, 0) is 20.3 Å². The molecule has 0 rings (SSSR count). The van der Waals surface area contributed by atoms with Crippen LogP contribution in [0.5, 0.6) is 0 Å². The van der Waals surface area contributed by atoms with Crippen molar-refractivity contribution in [1.82, 2.24) is 4.90 Å². The average Bonchev–Trinajstić information content (AvgIpc) is 1.98. The van der Waals surface area contributed by atoms with E-state index in [0.717, 1.165) is 0 Å². The van der Waals surface area contributed by atoms with Gasteiger partial charge < -0.3 is 4.90 Å². The molecule has 0 fully saturated rings. The molecule has 0 bridgehead atoms. The van der Waals surface area contributed by atoms with E-state index in [2.05, 4.69) is 0 Å². The minimum absolute atomic E-state index is 0.147. The third kappa shape index (κ3) is 3.15. The van der Waals surface area contributed by atoms with E-state index in [9.17, 15) is 13.6 Å². The summed E-state index contributed by atoms with van der Waals surface area (Å²) in [6.07, 6.45) is -2.17. The summed E-state index contributed by atoms with van der Waals surface area (Å²) in [7, 11) is 0. The zero-order chi connectivity index (χ0) is 9.72. The van der Waals surface area contributed by atoms with Crippen LogP contribution in [-0.4, -0.2) is 29.8 Å². The number of halogens is 2. The number of carbonyl (C=O) groups is 1. The first-order chi connectivity index (χ1) is 5.50. The molecule has 0 aromatic heterocycles. The molecule has 0 radical (unpaired) electrons. The number of hydrogen-bond acceptors (Lipinski definition) is 1. The number of hydrogen-bond donors (Lipinski definition) is 0. The highest BCUT2D eigenvalue weighted by molar-refractivity contribution is 5.79. The smallest absolute Gasteiger partial charge is 0.315 e. The minimum atomic E-state index is -2.88. The molecule has 4 heteroatoms. The molecule has 72 valence electrons. The molecule has 2 nitrogen and oxygen atoms in total. The Morgan fingerprint density at radius 2 is 1.92 bits per heavy atom. The summed E-state index contributed by atoms with van der Waals surface area (Å²) in [6.45, 7) is 5.72. The van der Waals surface area contributed by atoms with Gasteiger partial charge in [-0.2, -0.15) is 8.78 Å².